The van der Waals surface area contributed by atoms with Crippen molar-refractivity contribution < 1.29 is 13.9 Å². The monoisotopic (exact) mass is 365 g/mol. The Morgan fingerprint density at radius 2 is 1.85 bits per heavy atom. The number of aromatic nitrogens is 1. The lowest BCUT2D eigenvalue weighted by atomic mass is 10.1. The molecular formula is C21H23N3O3. The Labute approximate surface area is 158 Å². The van der Waals surface area contributed by atoms with Crippen LogP contribution in [0.25, 0.3) is 22.8 Å². The third-order valence-corrected chi connectivity index (χ3v) is 4.04. The van der Waals surface area contributed by atoms with Gasteiger partial charge in [-0.1, -0.05) is 36.4 Å². The second kappa shape index (κ2) is 8.51. The molecule has 0 aliphatic heterocycles. The maximum Gasteiger partial charge on any atom is 0.273 e. The van der Waals surface area contributed by atoms with Gasteiger partial charge >= 0.3 is 0 Å². The first kappa shape index (κ1) is 18.7. The molecule has 2 aromatic carbocycles. The fourth-order valence-electron chi connectivity index (χ4n) is 2.62. The van der Waals surface area contributed by atoms with Crippen LogP contribution in [-0.4, -0.2) is 50.1 Å². The van der Waals surface area contributed by atoms with Gasteiger partial charge in [0.25, 0.3) is 5.91 Å². The number of amides is 1. The topological polar surface area (TPSA) is 67.6 Å². The maximum absolute atomic E-state index is 12.7. The molecule has 1 heterocycles. The second-order valence-corrected chi connectivity index (χ2v) is 6.35. The molecule has 6 heteroatoms. The van der Waals surface area contributed by atoms with Crippen molar-refractivity contribution in [3.63, 3.8) is 0 Å². The molecule has 0 spiro atoms. The van der Waals surface area contributed by atoms with Crippen molar-refractivity contribution in [2.24, 2.45) is 0 Å². The van der Waals surface area contributed by atoms with Crippen LogP contribution >= 0.6 is 0 Å². The largest absolute Gasteiger partial charge is 0.497 e. The van der Waals surface area contributed by atoms with Crippen LogP contribution in [0.15, 0.2) is 59.0 Å². The predicted molar refractivity (Wildman–Crippen MR) is 105 cm³/mol. The molecule has 1 aromatic heterocycles. The Kier molecular flexibility index (Phi) is 5.88. The predicted octanol–water partition coefficient (Wildman–Crippen LogP) is 3.31. The number of benzene rings is 2. The summed E-state index contributed by atoms with van der Waals surface area (Å²) in [4.78, 5) is 19.2. The van der Waals surface area contributed by atoms with Gasteiger partial charge in [-0.15, -0.1) is 0 Å². The standard InChI is InChI=1S/C21H23N3O3/c1-24(2)13-12-22-20(25)18-19(15-8-5-4-6-9-15)27-21(23-18)16-10-7-11-17(14-16)26-3/h4-11,14H,12-13H2,1-3H3,(H,22,25). The van der Waals surface area contributed by atoms with E-state index in [0.717, 1.165) is 17.7 Å². The molecule has 0 radical (unpaired) electrons. The van der Waals surface area contributed by atoms with E-state index >= 15 is 0 Å². The van der Waals surface area contributed by atoms with Gasteiger partial charge in [-0.05, 0) is 32.3 Å². The number of oxazole rings is 1. The highest BCUT2D eigenvalue weighted by atomic mass is 16.5. The zero-order valence-electron chi connectivity index (χ0n) is 15.7. The van der Waals surface area contributed by atoms with E-state index in [9.17, 15) is 4.79 Å². The van der Waals surface area contributed by atoms with Crippen LogP contribution < -0.4 is 10.1 Å². The molecular weight excluding hydrogens is 342 g/mol. The van der Waals surface area contributed by atoms with Crippen LogP contribution in [-0.2, 0) is 0 Å². The Balaban J connectivity index is 1.97. The summed E-state index contributed by atoms with van der Waals surface area (Å²) in [6, 6.07) is 16.9. The minimum absolute atomic E-state index is 0.256. The Bertz CT molecular complexity index is 904. The fraction of sp³-hybridized carbons (Fsp3) is 0.238. The minimum atomic E-state index is -0.256. The maximum atomic E-state index is 12.7. The third kappa shape index (κ3) is 4.54. The lowest BCUT2D eigenvalue weighted by Crippen LogP contribution is -2.31. The molecule has 0 bridgehead atoms. The summed E-state index contributed by atoms with van der Waals surface area (Å²) < 4.78 is 11.3. The van der Waals surface area contributed by atoms with E-state index in [4.69, 9.17) is 9.15 Å². The van der Waals surface area contributed by atoms with Gasteiger partial charge in [-0.25, -0.2) is 4.98 Å². The third-order valence-electron chi connectivity index (χ3n) is 4.04. The quantitative estimate of drug-likeness (QED) is 0.696. The summed E-state index contributed by atoms with van der Waals surface area (Å²) in [5.74, 6) is 1.28. The Hall–Kier alpha value is -3.12. The van der Waals surface area contributed by atoms with Gasteiger partial charge in [0.2, 0.25) is 5.89 Å². The number of methoxy groups -OCH3 is 1. The van der Waals surface area contributed by atoms with Crippen LogP contribution in [0, 0.1) is 0 Å². The van der Waals surface area contributed by atoms with Crippen molar-refractivity contribution in [2.75, 3.05) is 34.3 Å². The number of carbonyl (C=O) groups excluding carboxylic acids is 1. The molecule has 3 aromatic rings. The highest BCUT2D eigenvalue weighted by molar-refractivity contribution is 5.98. The van der Waals surface area contributed by atoms with E-state index < -0.39 is 0 Å². The smallest absolute Gasteiger partial charge is 0.273 e. The lowest BCUT2D eigenvalue weighted by Gasteiger charge is -2.09. The lowest BCUT2D eigenvalue weighted by molar-refractivity contribution is 0.0947. The van der Waals surface area contributed by atoms with Crippen LogP contribution in [0.2, 0.25) is 0 Å². The molecule has 27 heavy (non-hydrogen) atoms. The number of nitrogens with zero attached hydrogens (tertiary/aromatic N) is 2. The molecule has 3 rings (SSSR count). The van der Waals surface area contributed by atoms with Crippen LogP contribution in [0.1, 0.15) is 10.5 Å². The number of likely N-dealkylation sites (N-methyl/N-ethyl adjacent to an activating group) is 1. The molecule has 0 atom stereocenters. The van der Waals surface area contributed by atoms with Gasteiger partial charge in [-0.3, -0.25) is 4.79 Å². The number of nitrogens with one attached hydrogen (secondary N) is 1. The molecule has 0 saturated carbocycles. The number of ether oxygens (including phenoxy) is 1. The van der Waals surface area contributed by atoms with Gasteiger partial charge in [0, 0.05) is 24.2 Å². The van der Waals surface area contributed by atoms with Crippen molar-refractivity contribution >= 4 is 5.91 Å². The first-order chi connectivity index (χ1) is 13.1. The van der Waals surface area contributed by atoms with E-state index in [-0.39, 0.29) is 11.6 Å². The molecule has 140 valence electrons. The first-order valence-corrected chi connectivity index (χ1v) is 8.72. The second-order valence-electron chi connectivity index (χ2n) is 6.35. The highest BCUT2D eigenvalue weighted by Gasteiger charge is 2.22. The fourth-order valence-corrected chi connectivity index (χ4v) is 2.62. The van der Waals surface area contributed by atoms with Gasteiger partial charge in [0.1, 0.15) is 5.75 Å². The van der Waals surface area contributed by atoms with Crippen molar-refractivity contribution in [1.82, 2.24) is 15.2 Å². The number of hydrogen-bond donors (Lipinski definition) is 1. The average Bonchev–Trinajstić information content (AvgIpc) is 3.14. The van der Waals surface area contributed by atoms with Crippen molar-refractivity contribution in [2.45, 2.75) is 0 Å². The van der Waals surface area contributed by atoms with Crippen molar-refractivity contribution in [1.29, 1.82) is 0 Å². The Morgan fingerprint density at radius 1 is 1.11 bits per heavy atom. The van der Waals surface area contributed by atoms with E-state index in [1.165, 1.54) is 0 Å². The zero-order chi connectivity index (χ0) is 19.2. The summed E-state index contributed by atoms with van der Waals surface area (Å²) >= 11 is 0. The summed E-state index contributed by atoms with van der Waals surface area (Å²) in [6.45, 7) is 1.27. The molecule has 0 aliphatic rings. The number of hydrogen-bond acceptors (Lipinski definition) is 5. The zero-order valence-corrected chi connectivity index (χ0v) is 15.7. The van der Waals surface area contributed by atoms with Gasteiger partial charge in [0.15, 0.2) is 11.5 Å². The normalized spacial score (nSPS) is 10.8. The first-order valence-electron chi connectivity index (χ1n) is 8.72. The van der Waals surface area contributed by atoms with Gasteiger partial charge in [-0.2, -0.15) is 0 Å². The molecule has 6 nitrogen and oxygen atoms in total. The number of carbonyl (C=O) groups is 1. The summed E-state index contributed by atoms with van der Waals surface area (Å²) in [5, 5.41) is 2.90. The van der Waals surface area contributed by atoms with Crippen molar-refractivity contribution in [3.05, 3.63) is 60.3 Å². The van der Waals surface area contributed by atoms with Gasteiger partial charge < -0.3 is 19.4 Å². The SMILES string of the molecule is COc1cccc(-c2nc(C(=O)NCCN(C)C)c(-c3ccccc3)o2)c1. The molecule has 0 unspecified atom stereocenters. The number of rotatable bonds is 7. The molecule has 1 N–H and O–H groups in total. The van der Waals surface area contributed by atoms with Crippen LogP contribution in [0.5, 0.6) is 5.75 Å². The molecule has 0 aliphatic carbocycles. The highest BCUT2D eigenvalue weighted by Crippen LogP contribution is 2.31. The van der Waals surface area contributed by atoms with E-state index in [1.807, 2.05) is 73.6 Å². The summed E-state index contributed by atoms with van der Waals surface area (Å²) in [5.41, 5.74) is 1.83. The summed E-state index contributed by atoms with van der Waals surface area (Å²) in [6.07, 6.45) is 0. The molecule has 0 fully saturated rings. The van der Waals surface area contributed by atoms with Crippen molar-refractivity contribution in [3.8, 4) is 28.5 Å². The summed E-state index contributed by atoms with van der Waals surface area (Å²) in [7, 11) is 5.52. The molecule has 1 amide bonds. The van der Waals surface area contributed by atoms with E-state index in [0.29, 0.717) is 23.9 Å². The minimum Gasteiger partial charge on any atom is -0.497 e. The van der Waals surface area contributed by atoms with Crippen LogP contribution in [0.3, 0.4) is 0 Å². The van der Waals surface area contributed by atoms with Gasteiger partial charge in [0.05, 0.1) is 7.11 Å². The van der Waals surface area contributed by atoms with E-state index in [2.05, 4.69) is 10.3 Å². The average molecular weight is 365 g/mol. The Morgan fingerprint density at radius 3 is 2.56 bits per heavy atom. The van der Waals surface area contributed by atoms with E-state index in [1.54, 1.807) is 7.11 Å². The molecule has 0 saturated heterocycles. The van der Waals surface area contributed by atoms with Crippen LogP contribution in [0.4, 0.5) is 0 Å².